The first-order valence-electron chi connectivity index (χ1n) is 8.72. The van der Waals surface area contributed by atoms with Crippen molar-refractivity contribution < 1.29 is 9.53 Å². The molecule has 0 aromatic heterocycles. The summed E-state index contributed by atoms with van der Waals surface area (Å²) >= 11 is 0. The zero-order valence-electron chi connectivity index (χ0n) is 14.1. The topological polar surface area (TPSA) is 29.5 Å². The second-order valence-electron chi connectivity index (χ2n) is 6.57. The number of hydrogen-bond acceptors (Lipinski definition) is 3. The lowest BCUT2D eigenvalue weighted by Crippen LogP contribution is -2.34. The molecule has 1 aromatic carbocycles. The van der Waals surface area contributed by atoms with Crippen molar-refractivity contribution >= 4 is 18.4 Å². The molecule has 1 aliphatic heterocycles. The summed E-state index contributed by atoms with van der Waals surface area (Å²) in [4.78, 5) is 15.0. The van der Waals surface area contributed by atoms with E-state index in [2.05, 4.69) is 16.7 Å². The first kappa shape index (κ1) is 18.8. The van der Waals surface area contributed by atoms with Gasteiger partial charge in [0.05, 0.1) is 12.0 Å². The third-order valence-corrected chi connectivity index (χ3v) is 5.08. The highest BCUT2D eigenvalue weighted by Crippen LogP contribution is 2.42. The van der Waals surface area contributed by atoms with E-state index in [1.165, 1.54) is 12.8 Å². The van der Waals surface area contributed by atoms with Gasteiger partial charge < -0.3 is 4.74 Å². The molecule has 2 aliphatic rings. The summed E-state index contributed by atoms with van der Waals surface area (Å²) in [6.07, 6.45) is 6.50. The summed E-state index contributed by atoms with van der Waals surface area (Å²) in [5.41, 5.74) is 0.644. The summed E-state index contributed by atoms with van der Waals surface area (Å²) in [5.74, 6) is 6.02. The van der Waals surface area contributed by atoms with Crippen LogP contribution in [0.25, 0.3) is 0 Å². The van der Waals surface area contributed by atoms with Crippen LogP contribution in [0.2, 0.25) is 0 Å². The fourth-order valence-electron chi connectivity index (χ4n) is 3.75. The first-order valence-corrected chi connectivity index (χ1v) is 8.72. The maximum absolute atomic E-state index is 12.7. The van der Waals surface area contributed by atoms with Crippen LogP contribution < -0.4 is 0 Å². The van der Waals surface area contributed by atoms with Gasteiger partial charge in [-0.15, -0.1) is 12.4 Å². The Morgan fingerprint density at radius 2 is 1.71 bits per heavy atom. The van der Waals surface area contributed by atoms with Crippen LogP contribution in [-0.4, -0.2) is 37.1 Å². The average molecular weight is 348 g/mol. The maximum Gasteiger partial charge on any atom is 0.317 e. The van der Waals surface area contributed by atoms with E-state index in [0.717, 1.165) is 50.9 Å². The van der Waals surface area contributed by atoms with Gasteiger partial charge in [0, 0.05) is 0 Å². The molecule has 1 aromatic rings. The molecule has 1 saturated heterocycles. The van der Waals surface area contributed by atoms with Gasteiger partial charge in [-0.2, -0.15) is 0 Å². The zero-order chi connectivity index (χ0) is 16.0. The molecule has 0 spiro atoms. The molecule has 4 heteroatoms. The molecule has 1 aliphatic carbocycles. The molecule has 24 heavy (non-hydrogen) atoms. The van der Waals surface area contributed by atoms with E-state index >= 15 is 0 Å². The van der Waals surface area contributed by atoms with Crippen molar-refractivity contribution in [2.45, 2.75) is 43.9 Å². The van der Waals surface area contributed by atoms with Gasteiger partial charge in [0.25, 0.3) is 0 Å². The standard InChI is InChI=1S/C20H25NO2.ClH/c22-19(23-17-9-8-16-21-14-6-7-15-21)20(12-4-5-13-20)18-10-2-1-3-11-18;/h1-3,10-11H,4-7,12-17H2;1H. The Bertz CT molecular complexity index is 579. The fourth-order valence-corrected chi connectivity index (χ4v) is 3.75. The number of esters is 1. The number of halogens is 1. The minimum absolute atomic E-state index is 0. The fraction of sp³-hybridized carbons (Fsp3) is 0.550. The maximum atomic E-state index is 12.7. The molecule has 3 rings (SSSR count). The van der Waals surface area contributed by atoms with Crippen molar-refractivity contribution in [2.24, 2.45) is 0 Å². The summed E-state index contributed by atoms with van der Waals surface area (Å²) in [6, 6.07) is 10.1. The summed E-state index contributed by atoms with van der Waals surface area (Å²) < 4.78 is 5.52. The second kappa shape index (κ2) is 9.11. The Labute approximate surface area is 151 Å². The number of carbonyl (C=O) groups excluding carboxylic acids is 1. The number of carbonyl (C=O) groups is 1. The van der Waals surface area contributed by atoms with Crippen LogP contribution in [0.15, 0.2) is 30.3 Å². The summed E-state index contributed by atoms with van der Waals surface area (Å²) in [6.45, 7) is 3.29. The van der Waals surface area contributed by atoms with Gasteiger partial charge >= 0.3 is 5.97 Å². The quantitative estimate of drug-likeness (QED) is 0.616. The highest BCUT2D eigenvalue weighted by molar-refractivity contribution is 5.85. The Balaban J connectivity index is 0.00000208. The van der Waals surface area contributed by atoms with Crippen LogP contribution in [0.4, 0.5) is 0 Å². The molecule has 3 nitrogen and oxygen atoms in total. The van der Waals surface area contributed by atoms with Crippen molar-refractivity contribution in [3.05, 3.63) is 35.9 Å². The predicted octanol–water partition coefficient (Wildman–Crippen LogP) is 3.56. The van der Waals surface area contributed by atoms with Crippen molar-refractivity contribution in [1.29, 1.82) is 0 Å². The van der Waals surface area contributed by atoms with E-state index in [-0.39, 0.29) is 25.0 Å². The van der Waals surface area contributed by atoms with Crippen molar-refractivity contribution in [1.82, 2.24) is 4.90 Å². The molecule has 1 heterocycles. The van der Waals surface area contributed by atoms with Gasteiger partial charge in [0.1, 0.15) is 0 Å². The molecule has 1 saturated carbocycles. The van der Waals surface area contributed by atoms with Crippen molar-refractivity contribution in [2.75, 3.05) is 26.2 Å². The second-order valence-corrected chi connectivity index (χ2v) is 6.57. The van der Waals surface area contributed by atoms with E-state index in [1.807, 2.05) is 30.3 Å². The number of likely N-dealkylation sites (tertiary alicyclic amines) is 1. The van der Waals surface area contributed by atoms with E-state index in [1.54, 1.807) is 0 Å². The molecule has 2 fully saturated rings. The Morgan fingerprint density at radius 1 is 1.04 bits per heavy atom. The zero-order valence-corrected chi connectivity index (χ0v) is 14.9. The molecule has 130 valence electrons. The molecule has 0 bridgehead atoms. The van der Waals surface area contributed by atoms with Gasteiger partial charge in [0.15, 0.2) is 6.61 Å². The molecular weight excluding hydrogens is 322 g/mol. The number of hydrogen-bond donors (Lipinski definition) is 0. The van der Waals surface area contributed by atoms with E-state index in [4.69, 9.17) is 4.74 Å². The molecule has 0 radical (unpaired) electrons. The SMILES string of the molecule is Cl.O=C(OCC#CCN1CCCC1)C1(c2ccccc2)CCCC1. The smallest absolute Gasteiger partial charge is 0.317 e. The highest BCUT2D eigenvalue weighted by atomic mass is 35.5. The number of ether oxygens (including phenoxy) is 1. The van der Waals surface area contributed by atoms with Gasteiger partial charge in [-0.1, -0.05) is 55.0 Å². The summed E-state index contributed by atoms with van der Waals surface area (Å²) in [5, 5.41) is 0. The molecule has 0 amide bonds. The largest absolute Gasteiger partial charge is 0.452 e. The number of rotatable bonds is 4. The van der Waals surface area contributed by atoms with Gasteiger partial charge in [-0.3, -0.25) is 9.69 Å². The van der Waals surface area contributed by atoms with Crippen LogP contribution >= 0.6 is 12.4 Å². The van der Waals surface area contributed by atoms with Crippen molar-refractivity contribution in [3.63, 3.8) is 0 Å². The van der Waals surface area contributed by atoms with E-state index in [9.17, 15) is 4.79 Å². The Hall–Kier alpha value is -1.50. The van der Waals surface area contributed by atoms with Crippen molar-refractivity contribution in [3.8, 4) is 11.8 Å². The van der Waals surface area contributed by atoms with E-state index in [0.29, 0.717) is 0 Å². The number of benzene rings is 1. The average Bonchev–Trinajstić information content (AvgIpc) is 3.27. The third kappa shape index (κ3) is 4.32. The minimum atomic E-state index is -0.447. The number of nitrogens with zero attached hydrogens (tertiary/aromatic N) is 1. The Morgan fingerprint density at radius 3 is 2.38 bits per heavy atom. The molecular formula is C20H26ClNO2. The monoisotopic (exact) mass is 347 g/mol. The lowest BCUT2D eigenvalue weighted by molar-refractivity contribution is -0.149. The van der Waals surface area contributed by atoms with Crippen LogP contribution in [0.1, 0.15) is 44.1 Å². The van der Waals surface area contributed by atoms with Crippen LogP contribution in [0.3, 0.4) is 0 Å². The first-order chi connectivity index (χ1) is 11.3. The third-order valence-electron chi connectivity index (χ3n) is 5.08. The lowest BCUT2D eigenvalue weighted by atomic mass is 9.79. The normalized spacial score (nSPS) is 19.2. The van der Waals surface area contributed by atoms with Gasteiger partial charge in [-0.05, 0) is 44.3 Å². The molecule has 0 N–H and O–H groups in total. The minimum Gasteiger partial charge on any atom is -0.452 e. The van der Waals surface area contributed by atoms with Gasteiger partial charge in [-0.25, -0.2) is 0 Å². The molecule has 0 atom stereocenters. The predicted molar refractivity (Wildman–Crippen MR) is 98.2 cm³/mol. The van der Waals surface area contributed by atoms with Gasteiger partial charge in [0.2, 0.25) is 0 Å². The highest BCUT2D eigenvalue weighted by Gasteiger charge is 2.43. The van der Waals surface area contributed by atoms with Crippen LogP contribution in [0.5, 0.6) is 0 Å². The van der Waals surface area contributed by atoms with Crippen LogP contribution in [-0.2, 0) is 14.9 Å². The lowest BCUT2D eigenvalue weighted by Gasteiger charge is -2.26. The summed E-state index contributed by atoms with van der Waals surface area (Å²) in [7, 11) is 0. The van der Waals surface area contributed by atoms with E-state index < -0.39 is 5.41 Å². The Kier molecular flexibility index (Phi) is 7.15. The van der Waals surface area contributed by atoms with Crippen LogP contribution in [0, 0.1) is 11.8 Å². The molecule has 0 unspecified atom stereocenters.